The van der Waals surface area contributed by atoms with Gasteiger partial charge in [-0.3, -0.25) is 4.98 Å². The van der Waals surface area contributed by atoms with Crippen LogP contribution in [0, 0.1) is 0 Å². The highest BCUT2D eigenvalue weighted by Gasteiger charge is 2.29. The molecule has 1 aromatic carbocycles. The van der Waals surface area contributed by atoms with E-state index in [2.05, 4.69) is 26.0 Å². The summed E-state index contributed by atoms with van der Waals surface area (Å²) in [5.41, 5.74) is 0.126. The van der Waals surface area contributed by atoms with Crippen molar-refractivity contribution in [2.45, 2.75) is 45.3 Å². The molecule has 1 fully saturated rings. The van der Waals surface area contributed by atoms with Crippen molar-refractivity contribution in [1.29, 1.82) is 0 Å². The smallest absolute Gasteiger partial charge is 0.410 e. The van der Waals surface area contributed by atoms with Crippen LogP contribution in [0.1, 0.15) is 39.7 Å². The highest BCUT2D eigenvalue weighted by atomic mass is 79.9. The number of carbonyl (C=O) groups is 1. The Morgan fingerprint density at radius 2 is 1.85 bits per heavy atom. The van der Waals surface area contributed by atoms with E-state index in [9.17, 15) is 9.59 Å². The van der Waals surface area contributed by atoms with Crippen LogP contribution in [0.5, 0.6) is 0 Å². The number of hydrogen-bond donors (Lipinski definition) is 1. The third-order valence-electron chi connectivity index (χ3n) is 4.22. The number of amides is 1. The lowest BCUT2D eigenvalue weighted by atomic mass is 10.1. The zero-order valence-electron chi connectivity index (χ0n) is 15.2. The second-order valence-corrected chi connectivity index (χ2v) is 8.34. The van der Waals surface area contributed by atoms with E-state index in [1.54, 1.807) is 4.90 Å². The molecule has 1 N–H and O–H groups in total. The molecule has 0 radical (unpaired) electrons. The second-order valence-electron chi connectivity index (χ2n) is 7.43. The van der Waals surface area contributed by atoms with Crippen molar-refractivity contribution in [2.75, 3.05) is 13.1 Å². The number of likely N-dealkylation sites (tertiary alicyclic amines) is 1. The fourth-order valence-corrected chi connectivity index (χ4v) is 3.21. The lowest BCUT2D eigenvalue weighted by Crippen LogP contribution is -2.43. The highest BCUT2D eigenvalue weighted by Crippen LogP contribution is 2.23. The summed E-state index contributed by atoms with van der Waals surface area (Å²) in [6.07, 6.45) is 1.04. The van der Waals surface area contributed by atoms with Gasteiger partial charge in [0.1, 0.15) is 5.60 Å². The van der Waals surface area contributed by atoms with Crippen LogP contribution in [0.15, 0.2) is 33.5 Å². The fraction of sp³-hybridized carbons (Fsp3) is 0.500. The molecular weight excluding hydrogens is 400 g/mol. The molecule has 0 unspecified atom stereocenters. The van der Waals surface area contributed by atoms with Crippen LogP contribution >= 0.6 is 15.9 Å². The van der Waals surface area contributed by atoms with Crippen molar-refractivity contribution in [3.05, 3.63) is 39.2 Å². The largest absolute Gasteiger partial charge is 0.444 e. The minimum atomic E-state index is -0.507. The summed E-state index contributed by atoms with van der Waals surface area (Å²) < 4.78 is 7.88. The van der Waals surface area contributed by atoms with Crippen molar-refractivity contribution in [1.82, 2.24) is 19.7 Å². The molecule has 0 bridgehead atoms. The number of aromatic nitrogens is 3. The number of carbonyl (C=O) groups excluding carboxylic acids is 1. The molecule has 2 aromatic rings. The second kappa shape index (κ2) is 7.26. The average molecular weight is 423 g/mol. The third-order valence-corrected chi connectivity index (χ3v) is 4.75. The maximum Gasteiger partial charge on any atom is 0.410 e. The van der Waals surface area contributed by atoms with E-state index >= 15 is 0 Å². The number of nitrogens with one attached hydrogen (secondary N) is 1. The molecule has 1 amide bonds. The van der Waals surface area contributed by atoms with Crippen LogP contribution in [-0.2, 0) is 4.74 Å². The zero-order chi connectivity index (χ0) is 18.9. The predicted octanol–water partition coefficient (Wildman–Crippen LogP) is 3.57. The monoisotopic (exact) mass is 422 g/mol. The quantitative estimate of drug-likeness (QED) is 0.801. The molecule has 0 atom stereocenters. The standard InChI is InChI=1S/C18H23BrN4O3/c1-18(2,3)26-17(25)22-10-8-14(9-11-22)23-16(24)20-15(21-23)12-4-6-13(19)7-5-12/h4-7,14H,8-11H2,1-3H3,(H,20,21,24). The van der Waals surface area contributed by atoms with E-state index in [1.807, 2.05) is 45.0 Å². The Labute approximate surface area is 160 Å². The predicted molar refractivity (Wildman–Crippen MR) is 102 cm³/mol. The van der Waals surface area contributed by atoms with Crippen molar-refractivity contribution in [2.24, 2.45) is 0 Å². The van der Waals surface area contributed by atoms with Gasteiger partial charge in [-0.25, -0.2) is 14.3 Å². The van der Waals surface area contributed by atoms with Gasteiger partial charge in [0, 0.05) is 23.1 Å². The van der Waals surface area contributed by atoms with Gasteiger partial charge >= 0.3 is 11.8 Å². The first-order valence-corrected chi connectivity index (χ1v) is 9.45. The molecule has 3 rings (SSSR count). The maximum absolute atomic E-state index is 12.3. The zero-order valence-corrected chi connectivity index (χ0v) is 16.7. The van der Waals surface area contributed by atoms with Crippen molar-refractivity contribution >= 4 is 22.0 Å². The van der Waals surface area contributed by atoms with E-state index in [0.29, 0.717) is 31.8 Å². The van der Waals surface area contributed by atoms with Crippen LogP contribution in [0.2, 0.25) is 0 Å². The first-order chi connectivity index (χ1) is 12.2. The number of hydrogen-bond acceptors (Lipinski definition) is 4. The molecule has 7 nitrogen and oxygen atoms in total. The summed E-state index contributed by atoms with van der Waals surface area (Å²) in [5.74, 6) is 0.553. The van der Waals surface area contributed by atoms with E-state index in [1.165, 1.54) is 4.68 Å². The Bertz CT molecular complexity index is 827. The lowest BCUT2D eigenvalue weighted by molar-refractivity contribution is 0.0184. The molecular formula is C18H23BrN4O3. The Morgan fingerprint density at radius 1 is 1.23 bits per heavy atom. The number of aromatic amines is 1. The van der Waals surface area contributed by atoms with Gasteiger partial charge in [-0.05, 0) is 45.7 Å². The number of halogens is 1. The molecule has 1 aliphatic rings. The minimum absolute atomic E-state index is 0.0263. The summed E-state index contributed by atoms with van der Waals surface area (Å²) in [5, 5.41) is 4.46. The van der Waals surface area contributed by atoms with Crippen LogP contribution in [0.4, 0.5) is 4.79 Å². The number of nitrogens with zero attached hydrogens (tertiary/aromatic N) is 3. The van der Waals surface area contributed by atoms with Gasteiger partial charge in [-0.15, -0.1) is 5.10 Å². The molecule has 140 valence electrons. The molecule has 0 saturated carbocycles. The van der Waals surface area contributed by atoms with Gasteiger partial charge in [0.25, 0.3) is 0 Å². The SMILES string of the molecule is CC(C)(C)OC(=O)N1CCC(n2nc(-c3ccc(Br)cc3)[nH]c2=O)CC1. The molecule has 1 aromatic heterocycles. The first kappa shape index (κ1) is 18.7. The van der Waals surface area contributed by atoms with Crippen molar-refractivity contribution < 1.29 is 9.53 Å². The fourth-order valence-electron chi connectivity index (χ4n) is 2.94. The summed E-state index contributed by atoms with van der Waals surface area (Å²) in [7, 11) is 0. The highest BCUT2D eigenvalue weighted by molar-refractivity contribution is 9.10. The molecule has 1 saturated heterocycles. The van der Waals surface area contributed by atoms with Crippen LogP contribution < -0.4 is 5.69 Å². The number of benzene rings is 1. The Balaban J connectivity index is 1.67. The minimum Gasteiger partial charge on any atom is -0.444 e. The van der Waals surface area contributed by atoms with Gasteiger partial charge in [-0.1, -0.05) is 28.1 Å². The van der Waals surface area contributed by atoms with E-state index < -0.39 is 5.60 Å². The molecule has 0 aliphatic carbocycles. The molecule has 8 heteroatoms. The van der Waals surface area contributed by atoms with Crippen LogP contribution in [0.3, 0.4) is 0 Å². The third kappa shape index (κ3) is 4.35. The summed E-state index contributed by atoms with van der Waals surface area (Å²) >= 11 is 3.40. The van der Waals surface area contributed by atoms with E-state index in [0.717, 1.165) is 10.0 Å². The van der Waals surface area contributed by atoms with Gasteiger partial charge < -0.3 is 9.64 Å². The van der Waals surface area contributed by atoms with Crippen LogP contribution in [0.25, 0.3) is 11.4 Å². The lowest BCUT2D eigenvalue weighted by Gasteiger charge is -2.33. The molecule has 1 aliphatic heterocycles. The van der Waals surface area contributed by atoms with Gasteiger partial charge in [-0.2, -0.15) is 0 Å². The molecule has 2 heterocycles. The van der Waals surface area contributed by atoms with Gasteiger partial charge in [0.05, 0.1) is 6.04 Å². The van der Waals surface area contributed by atoms with Crippen molar-refractivity contribution in [3.63, 3.8) is 0 Å². The van der Waals surface area contributed by atoms with E-state index in [4.69, 9.17) is 4.74 Å². The topological polar surface area (TPSA) is 80.2 Å². The Morgan fingerprint density at radius 3 is 2.42 bits per heavy atom. The Hall–Kier alpha value is -2.09. The normalized spacial score (nSPS) is 15.9. The van der Waals surface area contributed by atoms with Gasteiger partial charge in [0.2, 0.25) is 0 Å². The Kier molecular flexibility index (Phi) is 5.22. The average Bonchev–Trinajstić information content (AvgIpc) is 2.96. The number of piperidine rings is 1. The first-order valence-electron chi connectivity index (χ1n) is 8.65. The number of H-pyrrole nitrogens is 1. The van der Waals surface area contributed by atoms with Crippen LogP contribution in [-0.4, -0.2) is 44.4 Å². The summed E-state index contributed by atoms with van der Waals surface area (Å²) in [6.45, 7) is 6.65. The number of rotatable bonds is 2. The number of ether oxygens (including phenoxy) is 1. The van der Waals surface area contributed by atoms with Crippen molar-refractivity contribution in [3.8, 4) is 11.4 Å². The molecule has 26 heavy (non-hydrogen) atoms. The summed E-state index contributed by atoms with van der Waals surface area (Å²) in [6, 6.07) is 7.59. The maximum atomic E-state index is 12.3. The van der Waals surface area contributed by atoms with E-state index in [-0.39, 0.29) is 17.8 Å². The van der Waals surface area contributed by atoms with Gasteiger partial charge in [0.15, 0.2) is 5.82 Å². The molecule has 0 spiro atoms. The summed E-state index contributed by atoms with van der Waals surface area (Å²) in [4.78, 5) is 29.0.